The fraction of sp³-hybridized carbons (Fsp3) is 0.143. The van der Waals surface area contributed by atoms with Crippen LogP contribution in [0.4, 0.5) is 4.39 Å². The molecular weight excluding hydrogens is 317 g/mol. The van der Waals surface area contributed by atoms with Crippen LogP contribution in [-0.4, -0.2) is 21.6 Å². The third-order valence-electron chi connectivity index (χ3n) is 2.58. The molecule has 7 heteroatoms. The number of ether oxygens (including phenoxy) is 1. The van der Waals surface area contributed by atoms with E-state index in [1.54, 1.807) is 24.3 Å². The molecule has 4 nitrogen and oxygen atoms in total. The summed E-state index contributed by atoms with van der Waals surface area (Å²) in [6, 6.07) is 11.4. The molecule has 21 heavy (non-hydrogen) atoms. The summed E-state index contributed by atoms with van der Waals surface area (Å²) in [5.41, 5.74) is 0. The van der Waals surface area contributed by atoms with Crippen molar-refractivity contribution in [3.05, 3.63) is 59.4 Å². The molecule has 0 aliphatic rings. The van der Waals surface area contributed by atoms with Crippen LogP contribution in [0.1, 0.15) is 0 Å². The van der Waals surface area contributed by atoms with Gasteiger partial charge in [0.2, 0.25) is 10.0 Å². The van der Waals surface area contributed by atoms with Gasteiger partial charge in [0.05, 0.1) is 4.90 Å². The maximum atomic E-state index is 12.8. The smallest absolute Gasteiger partial charge is 0.240 e. The SMILES string of the molecule is O=S(=O)(NCCOc1cccc(Cl)c1)c1ccc(F)cc1. The molecule has 0 spiro atoms. The first-order chi connectivity index (χ1) is 9.97. The van der Waals surface area contributed by atoms with Crippen molar-refractivity contribution in [2.45, 2.75) is 4.90 Å². The van der Waals surface area contributed by atoms with Gasteiger partial charge in [0.1, 0.15) is 18.2 Å². The van der Waals surface area contributed by atoms with Gasteiger partial charge in [0.15, 0.2) is 0 Å². The van der Waals surface area contributed by atoms with Crippen LogP contribution in [-0.2, 0) is 10.0 Å². The highest BCUT2D eigenvalue weighted by atomic mass is 35.5. The van der Waals surface area contributed by atoms with E-state index in [9.17, 15) is 12.8 Å². The Morgan fingerprint density at radius 1 is 1.14 bits per heavy atom. The molecule has 0 saturated heterocycles. The average molecular weight is 330 g/mol. The lowest BCUT2D eigenvalue weighted by Crippen LogP contribution is -2.28. The summed E-state index contributed by atoms with van der Waals surface area (Å²) >= 11 is 5.80. The monoisotopic (exact) mass is 329 g/mol. The molecule has 0 unspecified atom stereocenters. The fourth-order valence-corrected chi connectivity index (χ4v) is 2.79. The van der Waals surface area contributed by atoms with E-state index >= 15 is 0 Å². The topological polar surface area (TPSA) is 55.4 Å². The van der Waals surface area contributed by atoms with Crippen molar-refractivity contribution in [1.82, 2.24) is 4.72 Å². The molecule has 0 saturated carbocycles. The molecule has 0 fully saturated rings. The second-order valence-electron chi connectivity index (χ2n) is 4.16. The molecule has 0 aliphatic carbocycles. The second kappa shape index (κ2) is 6.89. The maximum Gasteiger partial charge on any atom is 0.240 e. The molecule has 0 atom stereocenters. The Kier molecular flexibility index (Phi) is 5.17. The number of sulfonamides is 1. The molecule has 2 aromatic carbocycles. The van der Waals surface area contributed by atoms with Gasteiger partial charge in [0.25, 0.3) is 0 Å². The van der Waals surface area contributed by atoms with E-state index < -0.39 is 15.8 Å². The molecule has 2 aromatic rings. The summed E-state index contributed by atoms with van der Waals surface area (Å²) in [6.45, 7) is 0.243. The molecule has 0 bridgehead atoms. The van der Waals surface area contributed by atoms with Gasteiger partial charge in [-0.15, -0.1) is 0 Å². The first-order valence-corrected chi connectivity index (χ1v) is 7.97. The van der Waals surface area contributed by atoms with Crippen molar-refractivity contribution in [3.63, 3.8) is 0 Å². The Bertz CT molecular complexity index is 704. The van der Waals surface area contributed by atoms with Crippen molar-refractivity contribution in [2.24, 2.45) is 0 Å². The summed E-state index contributed by atoms with van der Waals surface area (Å²) < 4.78 is 44.3. The number of rotatable bonds is 6. The Labute approximate surface area is 127 Å². The Morgan fingerprint density at radius 2 is 1.86 bits per heavy atom. The minimum atomic E-state index is -3.66. The average Bonchev–Trinajstić information content (AvgIpc) is 2.44. The molecule has 0 heterocycles. The van der Waals surface area contributed by atoms with Gasteiger partial charge >= 0.3 is 0 Å². The third-order valence-corrected chi connectivity index (χ3v) is 4.29. The van der Waals surface area contributed by atoms with Crippen LogP contribution in [0.15, 0.2) is 53.4 Å². The summed E-state index contributed by atoms with van der Waals surface area (Å²) in [7, 11) is -3.66. The summed E-state index contributed by atoms with van der Waals surface area (Å²) in [5, 5.41) is 0.541. The molecule has 112 valence electrons. The molecule has 0 aromatic heterocycles. The molecule has 0 radical (unpaired) electrons. The van der Waals surface area contributed by atoms with Crippen LogP contribution in [0.5, 0.6) is 5.75 Å². The third kappa shape index (κ3) is 4.70. The van der Waals surface area contributed by atoms with Crippen LogP contribution in [0, 0.1) is 5.82 Å². The number of hydrogen-bond donors (Lipinski definition) is 1. The van der Waals surface area contributed by atoms with E-state index in [1.165, 1.54) is 12.1 Å². The number of hydrogen-bond acceptors (Lipinski definition) is 3. The summed E-state index contributed by atoms with van der Waals surface area (Å²) in [4.78, 5) is 0.00616. The zero-order valence-electron chi connectivity index (χ0n) is 10.9. The Hall–Kier alpha value is -1.63. The van der Waals surface area contributed by atoms with Gasteiger partial charge in [-0.1, -0.05) is 17.7 Å². The zero-order valence-corrected chi connectivity index (χ0v) is 12.5. The van der Waals surface area contributed by atoms with E-state index in [-0.39, 0.29) is 18.0 Å². The number of nitrogens with one attached hydrogen (secondary N) is 1. The molecule has 0 amide bonds. The first kappa shape index (κ1) is 15.8. The van der Waals surface area contributed by atoms with Crippen molar-refractivity contribution in [2.75, 3.05) is 13.2 Å². The fourth-order valence-electron chi connectivity index (χ4n) is 1.60. The second-order valence-corrected chi connectivity index (χ2v) is 6.36. The van der Waals surface area contributed by atoms with Gasteiger partial charge in [-0.3, -0.25) is 0 Å². The van der Waals surface area contributed by atoms with Crippen molar-refractivity contribution in [1.29, 1.82) is 0 Å². The van der Waals surface area contributed by atoms with Crippen LogP contribution in [0.2, 0.25) is 5.02 Å². The minimum absolute atomic E-state index is 0.00616. The lowest BCUT2D eigenvalue weighted by Gasteiger charge is -2.08. The largest absolute Gasteiger partial charge is 0.492 e. The van der Waals surface area contributed by atoms with Crippen molar-refractivity contribution < 1.29 is 17.5 Å². The molecule has 1 N–H and O–H groups in total. The van der Waals surface area contributed by atoms with E-state index in [1.807, 2.05) is 0 Å². The number of halogens is 2. The van der Waals surface area contributed by atoms with E-state index in [2.05, 4.69) is 4.72 Å². The summed E-state index contributed by atoms with van der Waals surface area (Å²) in [5.74, 6) is 0.0710. The van der Waals surface area contributed by atoms with Gasteiger partial charge in [-0.05, 0) is 42.5 Å². The summed E-state index contributed by atoms with van der Waals surface area (Å²) in [6.07, 6.45) is 0. The van der Waals surface area contributed by atoms with Gasteiger partial charge in [0, 0.05) is 11.6 Å². The van der Waals surface area contributed by atoms with Gasteiger partial charge < -0.3 is 4.74 Å². The maximum absolute atomic E-state index is 12.8. The highest BCUT2D eigenvalue weighted by molar-refractivity contribution is 7.89. The van der Waals surface area contributed by atoms with Crippen LogP contribution in [0.25, 0.3) is 0 Å². The molecular formula is C14H13ClFNO3S. The minimum Gasteiger partial charge on any atom is -0.492 e. The predicted molar refractivity (Wildman–Crippen MR) is 78.5 cm³/mol. The highest BCUT2D eigenvalue weighted by Crippen LogP contribution is 2.16. The Morgan fingerprint density at radius 3 is 2.52 bits per heavy atom. The molecule has 2 rings (SSSR count). The van der Waals surface area contributed by atoms with Crippen molar-refractivity contribution in [3.8, 4) is 5.75 Å². The lowest BCUT2D eigenvalue weighted by molar-refractivity contribution is 0.323. The standard InChI is InChI=1S/C14H13ClFNO3S/c15-11-2-1-3-13(10-11)20-9-8-17-21(18,19)14-6-4-12(16)5-7-14/h1-7,10,17H,8-9H2. The van der Waals surface area contributed by atoms with E-state index in [4.69, 9.17) is 16.3 Å². The van der Waals surface area contributed by atoms with Crippen LogP contribution in [0.3, 0.4) is 0 Å². The zero-order chi connectivity index (χ0) is 15.3. The highest BCUT2D eigenvalue weighted by Gasteiger charge is 2.13. The van der Waals surface area contributed by atoms with E-state index in [0.29, 0.717) is 10.8 Å². The predicted octanol–water partition coefficient (Wildman–Crippen LogP) is 2.84. The first-order valence-electron chi connectivity index (χ1n) is 6.11. The quantitative estimate of drug-likeness (QED) is 0.829. The van der Waals surface area contributed by atoms with E-state index in [0.717, 1.165) is 12.1 Å². The van der Waals surface area contributed by atoms with Gasteiger partial charge in [-0.2, -0.15) is 0 Å². The lowest BCUT2D eigenvalue weighted by atomic mass is 10.3. The molecule has 0 aliphatic heterocycles. The normalized spacial score (nSPS) is 11.3. The van der Waals surface area contributed by atoms with Crippen LogP contribution >= 0.6 is 11.6 Å². The number of benzene rings is 2. The van der Waals surface area contributed by atoms with Crippen LogP contribution < -0.4 is 9.46 Å². The Balaban J connectivity index is 1.86. The van der Waals surface area contributed by atoms with Gasteiger partial charge in [-0.25, -0.2) is 17.5 Å². The van der Waals surface area contributed by atoms with Crippen molar-refractivity contribution >= 4 is 21.6 Å².